The lowest BCUT2D eigenvalue weighted by atomic mass is 9.73. The monoisotopic (exact) mass is 421 g/mol. The fraction of sp³-hybridized carbons (Fsp3) is 0.545. The summed E-state index contributed by atoms with van der Waals surface area (Å²) in [6.45, 7) is 4.16. The van der Waals surface area contributed by atoms with E-state index in [-0.39, 0.29) is 11.2 Å². The van der Waals surface area contributed by atoms with Gasteiger partial charge in [-0.25, -0.2) is 14.0 Å². The number of carbonyl (C=O) groups excluding carboxylic acids is 1. The molecule has 2 aliphatic rings. The van der Waals surface area contributed by atoms with Crippen LogP contribution in [0.15, 0.2) is 24.3 Å². The molecule has 1 aromatic rings. The first kappa shape index (κ1) is 22.2. The standard InChI is InChI=1S/C22H28FNO6/c1-21(2)12-13-6-7-14(23)19(28-5)18(13)22(21)11-10-15(30-22)20(24(3)4)29-17(27)9-8-16(25)26/h6-9,15,20H,10-12H2,1-5H3,(H,25,26)/b9-8+. The summed E-state index contributed by atoms with van der Waals surface area (Å²) in [7, 11) is 4.95. The maximum atomic E-state index is 14.5. The van der Waals surface area contributed by atoms with Crippen molar-refractivity contribution in [3.05, 3.63) is 41.2 Å². The van der Waals surface area contributed by atoms with E-state index in [2.05, 4.69) is 13.8 Å². The number of carboxylic acids is 1. The summed E-state index contributed by atoms with van der Waals surface area (Å²) < 4.78 is 32.0. The smallest absolute Gasteiger partial charge is 0.332 e. The molecule has 1 spiro atoms. The third kappa shape index (κ3) is 3.70. The average molecular weight is 421 g/mol. The zero-order valence-electron chi connectivity index (χ0n) is 17.9. The van der Waals surface area contributed by atoms with Gasteiger partial charge in [-0.05, 0) is 45.0 Å². The topological polar surface area (TPSA) is 85.3 Å². The van der Waals surface area contributed by atoms with Crippen LogP contribution in [0.4, 0.5) is 4.39 Å². The van der Waals surface area contributed by atoms with Gasteiger partial charge in [-0.15, -0.1) is 0 Å². The number of benzene rings is 1. The molecular weight excluding hydrogens is 393 g/mol. The second-order valence-corrected chi connectivity index (χ2v) is 8.66. The molecule has 1 N–H and O–H groups in total. The van der Waals surface area contributed by atoms with E-state index in [1.807, 2.05) is 0 Å². The molecule has 3 unspecified atom stereocenters. The van der Waals surface area contributed by atoms with Gasteiger partial charge in [0.25, 0.3) is 0 Å². The Morgan fingerprint density at radius 2 is 2.03 bits per heavy atom. The molecular formula is C22H28FNO6. The number of aliphatic carboxylic acids is 1. The summed E-state index contributed by atoms with van der Waals surface area (Å²) in [5, 5.41) is 8.71. The number of rotatable bonds is 6. The number of methoxy groups -OCH3 is 1. The van der Waals surface area contributed by atoms with E-state index < -0.39 is 35.7 Å². The van der Waals surface area contributed by atoms with Crippen molar-refractivity contribution in [2.75, 3.05) is 21.2 Å². The number of ether oxygens (including phenoxy) is 3. The first-order chi connectivity index (χ1) is 14.0. The minimum atomic E-state index is -1.23. The Balaban J connectivity index is 1.93. The Kier molecular flexibility index (Phi) is 5.93. The normalized spacial score (nSPS) is 25.6. The van der Waals surface area contributed by atoms with Crippen molar-refractivity contribution in [1.82, 2.24) is 4.90 Å². The molecule has 3 atom stereocenters. The minimum Gasteiger partial charge on any atom is -0.493 e. The molecule has 0 saturated carbocycles. The van der Waals surface area contributed by atoms with Crippen LogP contribution in [0.1, 0.15) is 37.8 Å². The SMILES string of the molecule is COc1c(F)ccc2c1C1(CCC(C(OC(=O)/C=C/C(=O)O)N(C)C)O1)C(C)(C)C2. The minimum absolute atomic E-state index is 0.196. The Hall–Kier alpha value is -2.45. The van der Waals surface area contributed by atoms with Crippen molar-refractivity contribution < 1.29 is 33.3 Å². The summed E-state index contributed by atoms with van der Waals surface area (Å²) in [5.41, 5.74) is 0.613. The number of esters is 1. The van der Waals surface area contributed by atoms with Crippen LogP contribution < -0.4 is 4.74 Å². The first-order valence-corrected chi connectivity index (χ1v) is 9.84. The number of carboxylic acid groups (broad SMARTS) is 1. The Labute approximate surface area is 175 Å². The van der Waals surface area contributed by atoms with E-state index in [9.17, 15) is 14.0 Å². The highest BCUT2D eigenvalue weighted by atomic mass is 19.1. The van der Waals surface area contributed by atoms with Gasteiger partial charge in [0, 0.05) is 23.1 Å². The molecule has 1 heterocycles. The van der Waals surface area contributed by atoms with Gasteiger partial charge < -0.3 is 19.3 Å². The van der Waals surface area contributed by atoms with Crippen molar-refractivity contribution in [3.8, 4) is 5.75 Å². The quantitative estimate of drug-likeness (QED) is 0.429. The zero-order chi connectivity index (χ0) is 22.3. The summed E-state index contributed by atoms with van der Waals surface area (Å²) in [6.07, 6.45) is 2.31. The van der Waals surface area contributed by atoms with E-state index in [4.69, 9.17) is 19.3 Å². The predicted octanol–water partition coefficient (Wildman–Crippen LogP) is 2.86. The average Bonchev–Trinajstić information content (AvgIpc) is 3.19. The van der Waals surface area contributed by atoms with Crippen molar-refractivity contribution in [1.29, 1.82) is 0 Å². The molecule has 164 valence electrons. The van der Waals surface area contributed by atoms with Crippen LogP contribution in [-0.4, -0.2) is 55.5 Å². The number of likely N-dealkylation sites (N-methyl/N-ethyl adjacent to an activating group) is 1. The van der Waals surface area contributed by atoms with Crippen LogP contribution >= 0.6 is 0 Å². The van der Waals surface area contributed by atoms with E-state index in [0.29, 0.717) is 19.3 Å². The lowest BCUT2D eigenvalue weighted by Gasteiger charge is -2.40. The van der Waals surface area contributed by atoms with Gasteiger partial charge in [-0.3, -0.25) is 4.90 Å². The number of fused-ring (bicyclic) bond motifs is 2. The number of nitrogens with zero attached hydrogens (tertiary/aromatic N) is 1. The van der Waals surface area contributed by atoms with Crippen LogP contribution in [-0.2, 0) is 31.1 Å². The highest BCUT2D eigenvalue weighted by molar-refractivity contribution is 5.90. The third-order valence-corrected chi connectivity index (χ3v) is 6.09. The van der Waals surface area contributed by atoms with Crippen LogP contribution in [0.5, 0.6) is 5.75 Å². The number of carbonyl (C=O) groups is 2. The first-order valence-electron chi connectivity index (χ1n) is 9.84. The molecule has 0 amide bonds. The Morgan fingerprint density at radius 1 is 1.33 bits per heavy atom. The molecule has 8 heteroatoms. The van der Waals surface area contributed by atoms with E-state index in [0.717, 1.165) is 23.3 Å². The fourth-order valence-corrected chi connectivity index (χ4v) is 4.76. The van der Waals surface area contributed by atoms with Crippen molar-refractivity contribution in [3.63, 3.8) is 0 Å². The summed E-state index contributed by atoms with van der Waals surface area (Å²) in [5.74, 6) is -2.24. The highest BCUT2D eigenvalue weighted by Gasteiger charge is 2.60. The van der Waals surface area contributed by atoms with E-state index in [1.54, 1.807) is 25.1 Å². The Morgan fingerprint density at radius 3 is 2.63 bits per heavy atom. The molecule has 7 nitrogen and oxygen atoms in total. The van der Waals surface area contributed by atoms with Crippen LogP contribution in [0.2, 0.25) is 0 Å². The zero-order valence-corrected chi connectivity index (χ0v) is 17.9. The van der Waals surface area contributed by atoms with Crippen LogP contribution in [0, 0.1) is 11.2 Å². The third-order valence-electron chi connectivity index (χ3n) is 6.09. The number of hydrogen-bond donors (Lipinski definition) is 1. The molecule has 1 saturated heterocycles. The van der Waals surface area contributed by atoms with Gasteiger partial charge in [0.2, 0.25) is 0 Å². The summed E-state index contributed by atoms with van der Waals surface area (Å²) in [6, 6.07) is 3.19. The van der Waals surface area contributed by atoms with Gasteiger partial charge in [-0.1, -0.05) is 19.9 Å². The van der Waals surface area contributed by atoms with Crippen molar-refractivity contribution in [2.45, 2.75) is 51.0 Å². The maximum absolute atomic E-state index is 14.5. The van der Waals surface area contributed by atoms with Gasteiger partial charge >= 0.3 is 11.9 Å². The molecule has 1 aliphatic heterocycles. The highest BCUT2D eigenvalue weighted by Crippen LogP contribution is 2.61. The predicted molar refractivity (Wildman–Crippen MR) is 107 cm³/mol. The lowest BCUT2D eigenvalue weighted by Crippen LogP contribution is -2.45. The van der Waals surface area contributed by atoms with Gasteiger partial charge in [0.15, 0.2) is 17.8 Å². The molecule has 30 heavy (non-hydrogen) atoms. The maximum Gasteiger partial charge on any atom is 0.332 e. The van der Waals surface area contributed by atoms with Gasteiger partial charge in [0.1, 0.15) is 11.7 Å². The molecule has 1 aromatic carbocycles. The van der Waals surface area contributed by atoms with Crippen molar-refractivity contribution >= 4 is 11.9 Å². The van der Waals surface area contributed by atoms with E-state index in [1.165, 1.54) is 13.2 Å². The number of halogens is 1. The summed E-state index contributed by atoms with van der Waals surface area (Å²) >= 11 is 0. The van der Waals surface area contributed by atoms with Crippen molar-refractivity contribution in [2.24, 2.45) is 5.41 Å². The summed E-state index contributed by atoms with van der Waals surface area (Å²) in [4.78, 5) is 24.4. The van der Waals surface area contributed by atoms with E-state index >= 15 is 0 Å². The molecule has 3 rings (SSSR count). The largest absolute Gasteiger partial charge is 0.493 e. The number of hydrogen-bond acceptors (Lipinski definition) is 6. The lowest BCUT2D eigenvalue weighted by molar-refractivity contribution is -0.186. The molecule has 0 aromatic heterocycles. The van der Waals surface area contributed by atoms with Gasteiger partial charge in [0.05, 0.1) is 7.11 Å². The van der Waals surface area contributed by atoms with Gasteiger partial charge in [-0.2, -0.15) is 0 Å². The Bertz CT molecular complexity index is 881. The van der Waals surface area contributed by atoms with Crippen LogP contribution in [0.3, 0.4) is 0 Å². The fourth-order valence-electron chi connectivity index (χ4n) is 4.76. The molecule has 0 bridgehead atoms. The molecule has 1 fully saturated rings. The second-order valence-electron chi connectivity index (χ2n) is 8.66. The second kappa shape index (κ2) is 8.00. The molecule has 1 aliphatic carbocycles. The molecule has 0 radical (unpaired) electrons. The van der Waals surface area contributed by atoms with Crippen LogP contribution in [0.25, 0.3) is 0 Å².